The van der Waals surface area contributed by atoms with Gasteiger partial charge < -0.3 is 5.32 Å². The summed E-state index contributed by atoms with van der Waals surface area (Å²) in [4.78, 5) is 12.4. The Hall–Kier alpha value is -2.34. The summed E-state index contributed by atoms with van der Waals surface area (Å²) in [7, 11) is -3.57. The van der Waals surface area contributed by atoms with Crippen LogP contribution >= 0.6 is 0 Å². The molecule has 0 bridgehead atoms. The van der Waals surface area contributed by atoms with Gasteiger partial charge in [0, 0.05) is 6.04 Å². The molecule has 0 aromatic heterocycles. The lowest BCUT2D eigenvalue weighted by molar-refractivity contribution is -0.120. The van der Waals surface area contributed by atoms with Gasteiger partial charge in [-0.25, -0.2) is 8.42 Å². The number of nitrogens with zero attached hydrogens (tertiary/aromatic N) is 1. The van der Waals surface area contributed by atoms with Crippen LogP contribution in [0.2, 0.25) is 0 Å². The van der Waals surface area contributed by atoms with Crippen molar-refractivity contribution in [3.05, 3.63) is 65.2 Å². The Morgan fingerprint density at radius 1 is 1.07 bits per heavy atom. The van der Waals surface area contributed by atoms with E-state index in [1.165, 1.54) is 5.56 Å². The van der Waals surface area contributed by atoms with E-state index in [-0.39, 0.29) is 18.5 Å². The van der Waals surface area contributed by atoms with Crippen LogP contribution in [0.4, 0.5) is 5.69 Å². The Labute approximate surface area is 162 Å². The van der Waals surface area contributed by atoms with Crippen molar-refractivity contribution in [1.82, 2.24) is 5.32 Å². The van der Waals surface area contributed by atoms with Gasteiger partial charge in [0.15, 0.2) is 0 Å². The van der Waals surface area contributed by atoms with Crippen molar-refractivity contribution in [2.45, 2.75) is 39.7 Å². The molecule has 0 saturated carbocycles. The zero-order chi connectivity index (χ0) is 20.0. The molecule has 0 aliphatic carbocycles. The summed E-state index contributed by atoms with van der Waals surface area (Å²) < 4.78 is 25.6. The lowest BCUT2D eigenvalue weighted by atomic mass is 10.1. The van der Waals surface area contributed by atoms with Crippen LogP contribution in [0.25, 0.3) is 0 Å². The van der Waals surface area contributed by atoms with Gasteiger partial charge in [-0.2, -0.15) is 0 Å². The van der Waals surface area contributed by atoms with Crippen molar-refractivity contribution in [2.24, 2.45) is 0 Å². The number of anilines is 1. The second-order valence-corrected chi connectivity index (χ2v) is 9.02. The summed E-state index contributed by atoms with van der Waals surface area (Å²) in [5.74, 6) is -0.305. The number of aryl methyl sites for hydroxylation is 3. The average Bonchev–Trinajstić information content (AvgIpc) is 2.57. The van der Waals surface area contributed by atoms with Crippen LogP contribution in [0.15, 0.2) is 48.5 Å². The van der Waals surface area contributed by atoms with E-state index in [1.807, 2.05) is 45.0 Å². The number of hydrogen-bond donors (Lipinski definition) is 1. The fourth-order valence-corrected chi connectivity index (χ4v) is 3.89. The molecule has 6 heteroatoms. The molecule has 1 amide bonds. The topological polar surface area (TPSA) is 66.5 Å². The number of nitrogens with one attached hydrogen (secondary N) is 1. The summed E-state index contributed by atoms with van der Waals surface area (Å²) in [6.45, 7) is 5.52. The van der Waals surface area contributed by atoms with E-state index in [1.54, 1.807) is 12.1 Å². The van der Waals surface area contributed by atoms with Crippen LogP contribution in [0.1, 0.15) is 30.0 Å². The van der Waals surface area contributed by atoms with Crippen LogP contribution in [0.3, 0.4) is 0 Å². The molecular weight excluding hydrogens is 360 g/mol. The molecule has 146 valence electrons. The Balaban J connectivity index is 2.01. The third-order valence-electron chi connectivity index (χ3n) is 4.30. The van der Waals surface area contributed by atoms with E-state index in [2.05, 4.69) is 17.4 Å². The highest BCUT2D eigenvalue weighted by Crippen LogP contribution is 2.21. The van der Waals surface area contributed by atoms with E-state index in [0.717, 1.165) is 34.5 Å². The van der Waals surface area contributed by atoms with Crippen molar-refractivity contribution in [3.8, 4) is 0 Å². The standard InChI is InChI=1S/C21H28N2O3S/c1-16-12-17(2)14-20(13-16)23(27(4,25)26)15-21(24)22-18(3)10-11-19-8-6-5-7-9-19/h5-9,12-14,18H,10-11,15H2,1-4H3,(H,22,24)/t18-/m0/s1. The Bertz CT molecular complexity index is 859. The van der Waals surface area contributed by atoms with E-state index < -0.39 is 10.0 Å². The molecule has 0 heterocycles. The molecule has 2 aromatic rings. The van der Waals surface area contributed by atoms with Crippen molar-refractivity contribution in [2.75, 3.05) is 17.1 Å². The quantitative estimate of drug-likeness (QED) is 0.755. The van der Waals surface area contributed by atoms with Gasteiger partial charge >= 0.3 is 0 Å². The monoisotopic (exact) mass is 388 g/mol. The second kappa shape index (κ2) is 9.04. The van der Waals surface area contributed by atoms with Gasteiger partial charge in [-0.15, -0.1) is 0 Å². The van der Waals surface area contributed by atoms with Gasteiger partial charge in [0.1, 0.15) is 6.54 Å². The highest BCUT2D eigenvalue weighted by Gasteiger charge is 2.22. The fourth-order valence-electron chi connectivity index (χ4n) is 3.05. The number of carbonyl (C=O) groups excluding carboxylic acids is 1. The highest BCUT2D eigenvalue weighted by molar-refractivity contribution is 7.92. The first-order valence-corrected chi connectivity index (χ1v) is 10.9. The third kappa shape index (κ3) is 6.71. The molecule has 2 rings (SSSR count). The molecular formula is C21H28N2O3S. The van der Waals surface area contributed by atoms with Crippen molar-refractivity contribution >= 4 is 21.6 Å². The van der Waals surface area contributed by atoms with Crippen LogP contribution < -0.4 is 9.62 Å². The van der Waals surface area contributed by atoms with Gasteiger partial charge in [-0.05, 0) is 62.4 Å². The molecule has 0 saturated heterocycles. The van der Waals surface area contributed by atoms with Crippen molar-refractivity contribution in [3.63, 3.8) is 0 Å². The molecule has 27 heavy (non-hydrogen) atoms. The van der Waals surface area contributed by atoms with Crippen molar-refractivity contribution < 1.29 is 13.2 Å². The molecule has 1 atom stereocenters. The minimum Gasteiger partial charge on any atom is -0.352 e. The summed E-state index contributed by atoms with van der Waals surface area (Å²) >= 11 is 0. The first-order valence-electron chi connectivity index (χ1n) is 9.04. The molecule has 0 aliphatic heterocycles. The number of carbonyl (C=O) groups is 1. The van der Waals surface area contributed by atoms with E-state index in [0.29, 0.717) is 5.69 Å². The summed E-state index contributed by atoms with van der Waals surface area (Å²) in [6.07, 6.45) is 2.77. The Morgan fingerprint density at radius 3 is 2.22 bits per heavy atom. The molecule has 0 fully saturated rings. The van der Waals surface area contributed by atoms with Crippen LogP contribution in [-0.2, 0) is 21.2 Å². The number of benzene rings is 2. The maximum absolute atomic E-state index is 12.4. The van der Waals surface area contributed by atoms with Gasteiger partial charge in [0.05, 0.1) is 11.9 Å². The number of amides is 1. The predicted octanol–water partition coefficient (Wildman–Crippen LogP) is 3.21. The van der Waals surface area contributed by atoms with Gasteiger partial charge in [-0.1, -0.05) is 36.4 Å². The Kier molecular flexibility index (Phi) is 7.02. The van der Waals surface area contributed by atoms with Crippen LogP contribution in [0.5, 0.6) is 0 Å². The maximum Gasteiger partial charge on any atom is 0.240 e. The third-order valence-corrected chi connectivity index (χ3v) is 5.44. The maximum atomic E-state index is 12.4. The summed E-state index contributed by atoms with van der Waals surface area (Å²) in [6, 6.07) is 15.6. The van der Waals surface area contributed by atoms with Gasteiger partial charge in [-0.3, -0.25) is 9.10 Å². The first kappa shape index (κ1) is 21.0. The normalized spacial score (nSPS) is 12.4. The van der Waals surface area contributed by atoms with E-state index >= 15 is 0 Å². The molecule has 0 radical (unpaired) electrons. The lowest BCUT2D eigenvalue weighted by Gasteiger charge is -2.24. The molecule has 2 aromatic carbocycles. The average molecular weight is 389 g/mol. The summed E-state index contributed by atoms with van der Waals surface area (Å²) in [5.41, 5.74) is 3.64. The zero-order valence-electron chi connectivity index (χ0n) is 16.4. The van der Waals surface area contributed by atoms with E-state index in [4.69, 9.17) is 0 Å². The minimum atomic E-state index is -3.57. The lowest BCUT2D eigenvalue weighted by Crippen LogP contribution is -2.43. The Morgan fingerprint density at radius 2 is 1.67 bits per heavy atom. The number of hydrogen-bond acceptors (Lipinski definition) is 3. The fraction of sp³-hybridized carbons (Fsp3) is 0.381. The minimum absolute atomic E-state index is 0.0432. The zero-order valence-corrected chi connectivity index (χ0v) is 17.2. The van der Waals surface area contributed by atoms with Crippen molar-refractivity contribution in [1.29, 1.82) is 0 Å². The number of rotatable bonds is 8. The SMILES string of the molecule is Cc1cc(C)cc(N(CC(=O)N[C@@H](C)CCc2ccccc2)S(C)(=O)=O)c1. The van der Waals surface area contributed by atoms with Crippen LogP contribution in [-0.4, -0.2) is 33.2 Å². The van der Waals surface area contributed by atoms with Crippen LogP contribution in [0, 0.1) is 13.8 Å². The molecule has 1 N–H and O–H groups in total. The smallest absolute Gasteiger partial charge is 0.240 e. The second-order valence-electron chi connectivity index (χ2n) is 7.11. The summed E-state index contributed by atoms with van der Waals surface area (Å²) in [5, 5.41) is 2.91. The highest BCUT2D eigenvalue weighted by atomic mass is 32.2. The molecule has 0 aliphatic rings. The molecule has 0 unspecified atom stereocenters. The largest absolute Gasteiger partial charge is 0.352 e. The van der Waals surface area contributed by atoms with Gasteiger partial charge in [0.25, 0.3) is 0 Å². The predicted molar refractivity (Wildman–Crippen MR) is 110 cm³/mol. The van der Waals surface area contributed by atoms with Gasteiger partial charge in [0.2, 0.25) is 15.9 Å². The molecule has 0 spiro atoms. The van der Waals surface area contributed by atoms with E-state index in [9.17, 15) is 13.2 Å². The number of sulfonamides is 1. The molecule has 5 nitrogen and oxygen atoms in total. The first-order chi connectivity index (χ1) is 12.6.